The molecule has 0 aromatic heterocycles. The van der Waals surface area contributed by atoms with Crippen LogP contribution in [0, 0.1) is 11.8 Å². The van der Waals surface area contributed by atoms with Crippen molar-refractivity contribution in [2.45, 2.75) is 39.5 Å². The number of aliphatic carboxylic acids is 2. The molecule has 4 heteroatoms. The molecule has 0 aromatic rings. The van der Waals surface area contributed by atoms with Crippen molar-refractivity contribution in [2.75, 3.05) is 0 Å². The molecule has 0 heterocycles. The molecule has 0 spiro atoms. The van der Waals surface area contributed by atoms with Gasteiger partial charge in [-0.05, 0) is 12.3 Å². The van der Waals surface area contributed by atoms with Crippen LogP contribution in [0.1, 0.15) is 39.5 Å². The highest BCUT2D eigenvalue weighted by atomic mass is 16.4. The van der Waals surface area contributed by atoms with Gasteiger partial charge in [0.1, 0.15) is 0 Å². The van der Waals surface area contributed by atoms with Crippen LogP contribution in [0.5, 0.6) is 0 Å². The summed E-state index contributed by atoms with van der Waals surface area (Å²) in [5, 5.41) is 17.2. The van der Waals surface area contributed by atoms with E-state index in [9.17, 15) is 9.59 Å². The molecule has 0 aliphatic heterocycles. The van der Waals surface area contributed by atoms with Gasteiger partial charge < -0.3 is 10.2 Å². The summed E-state index contributed by atoms with van der Waals surface area (Å²) in [5.74, 6) is -2.24. The first-order valence-corrected chi connectivity index (χ1v) is 4.88. The van der Waals surface area contributed by atoms with E-state index < -0.39 is 17.9 Å². The van der Waals surface area contributed by atoms with Crippen LogP contribution in [0.2, 0.25) is 0 Å². The van der Waals surface area contributed by atoms with Crippen LogP contribution >= 0.6 is 0 Å². The summed E-state index contributed by atoms with van der Waals surface area (Å²) >= 11 is 0. The molecular weight excluding hydrogens is 184 g/mol. The highest BCUT2D eigenvalue weighted by Crippen LogP contribution is 2.15. The molecule has 82 valence electrons. The second kappa shape index (κ2) is 6.40. The first kappa shape index (κ1) is 12.9. The van der Waals surface area contributed by atoms with Gasteiger partial charge in [0.05, 0.1) is 12.3 Å². The largest absolute Gasteiger partial charge is 0.481 e. The molecule has 0 saturated carbocycles. The highest BCUT2D eigenvalue weighted by molar-refractivity contribution is 5.77. The van der Waals surface area contributed by atoms with E-state index >= 15 is 0 Å². The van der Waals surface area contributed by atoms with Gasteiger partial charge in [-0.25, -0.2) is 0 Å². The fourth-order valence-corrected chi connectivity index (χ4v) is 1.30. The number of hydrogen-bond acceptors (Lipinski definition) is 2. The summed E-state index contributed by atoms with van der Waals surface area (Å²) < 4.78 is 0. The maximum Gasteiger partial charge on any atom is 0.307 e. The molecule has 1 unspecified atom stereocenters. The minimum Gasteiger partial charge on any atom is -0.481 e. The maximum atomic E-state index is 10.6. The summed E-state index contributed by atoms with van der Waals surface area (Å²) in [5.41, 5.74) is 0. The Hall–Kier alpha value is -1.06. The highest BCUT2D eigenvalue weighted by Gasteiger charge is 2.20. The van der Waals surface area contributed by atoms with Crippen LogP contribution < -0.4 is 0 Å². The van der Waals surface area contributed by atoms with Gasteiger partial charge in [-0.3, -0.25) is 9.59 Å². The van der Waals surface area contributed by atoms with Gasteiger partial charge in [-0.1, -0.05) is 26.7 Å². The number of carboxylic acids is 2. The lowest BCUT2D eigenvalue weighted by Gasteiger charge is -2.10. The molecule has 0 fully saturated rings. The van der Waals surface area contributed by atoms with Crippen LogP contribution in [0.3, 0.4) is 0 Å². The Morgan fingerprint density at radius 1 is 1.14 bits per heavy atom. The quantitative estimate of drug-likeness (QED) is 0.662. The number of rotatable bonds is 7. The molecular formula is C10H18O4. The third kappa shape index (κ3) is 6.46. The molecule has 0 saturated heterocycles. The minimum atomic E-state index is -1.04. The summed E-state index contributed by atoms with van der Waals surface area (Å²) in [6.07, 6.45) is 1.92. The molecule has 2 N–H and O–H groups in total. The molecule has 0 aromatic carbocycles. The van der Waals surface area contributed by atoms with Crippen molar-refractivity contribution in [1.82, 2.24) is 0 Å². The lowest BCUT2D eigenvalue weighted by molar-refractivity contribution is -0.148. The summed E-state index contributed by atoms with van der Waals surface area (Å²) in [7, 11) is 0. The normalized spacial score (nSPS) is 12.8. The van der Waals surface area contributed by atoms with E-state index in [1.54, 1.807) is 0 Å². The Balaban J connectivity index is 3.86. The fourth-order valence-electron chi connectivity index (χ4n) is 1.30. The fraction of sp³-hybridized carbons (Fsp3) is 0.800. The predicted octanol–water partition coefficient (Wildman–Crippen LogP) is 1.99. The molecule has 0 aliphatic rings. The molecule has 14 heavy (non-hydrogen) atoms. The van der Waals surface area contributed by atoms with E-state index in [0.717, 1.165) is 12.8 Å². The summed E-state index contributed by atoms with van der Waals surface area (Å²) in [6, 6.07) is 0. The van der Waals surface area contributed by atoms with E-state index in [4.69, 9.17) is 10.2 Å². The standard InChI is InChI=1S/C10H18O4/c1-7(2)4-3-5-8(10(13)14)6-9(11)12/h7-8H,3-6H2,1-2H3,(H,11,12)(H,13,14). The van der Waals surface area contributed by atoms with Crippen LogP contribution in [0.25, 0.3) is 0 Å². The number of carbonyl (C=O) groups is 2. The van der Waals surface area contributed by atoms with Crippen molar-refractivity contribution in [3.63, 3.8) is 0 Å². The van der Waals surface area contributed by atoms with Crippen molar-refractivity contribution in [1.29, 1.82) is 0 Å². The van der Waals surface area contributed by atoms with Gasteiger partial charge in [0.25, 0.3) is 0 Å². The van der Waals surface area contributed by atoms with E-state index in [1.165, 1.54) is 0 Å². The molecule has 0 aliphatic carbocycles. The van der Waals surface area contributed by atoms with E-state index in [0.29, 0.717) is 12.3 Å². The van der Waals surface area contributed by atoms with E-state index in [2.05, 4.69) is 13.8 Å². The predicted molar refractivity (Wildman–Crippen MR) is 52.1 cm³/mol. The van der Waals surface area contributed by atoms with Crippen molar-refractivity contribution < 1.29 is 19.8 Å². The van der Waals surface area contributed by atoms with Gasteiger partial charge in [-0.2, -0.15) is 0 Å². The SMILES string of the molecule is CC(C)CCCC(CC(=O)O)C(=O)O. The smallest absolute Gasteiger partial charge is 0.307 e. The van der Waals surface area contributed by atoms with Crippen LogP contribution in [-0.4, -0.2) is 22.2 Å². The maximum absolute atomic E-state index is 10.6. The van der Waals surface area contributed by atoms with Crippen LogP contribution in [-0.2, 0) is 9.59 Å². The minimum absolute atomic E-state index is 0.270. The van der Waals surface area contributed by atoms with Crippen molar-refractivity contribution in [3.05, 3.63) is 0 Å². The Labute approximate surface area is 83.9 Å². The van der Waals surface area contributed by atoms with Gasteiger partial charge in [0.2, 0.25) is 0 Å². The lowest BCUT2D eigenvalue weighted by Crippen LogP contribution is -2.17. The van der Waals surface area contributed by atoms with Gasteiger partial charge in [-0.15, -0.1) is 0 Å². The van der Waals surface area contributed by atoms with Crippen LogP contribution in [0.15, 0.2) is 0 Å². The third-order valence-electron chi connectivity index (χ3n) is 2.10. The Kier molecular flexibility index (Phi) is 5.92. The van der Waals surface area contributed by atoms with Gasteiger partial charge >= 0.3 is 11.9 Å². The zero-order valence-electron chi connectivity index (χ0n) is 8.69. The Morgan fingerprint density at radius 2 is 1.71 bits per heavy atom. The summed E-state index contributed by atoms with van der Waals surface area (Å²) in [4.78, 5) is 21.0. The second-order valence-electron chi connectivity index (χ2n) is 3.96. The first-order chi connectivity index (χ1) is 6.43. The molecule has 0 rings (SSSR count). The van der Waals surface area contributed by atoms with Gasteiger partial charge in [0, 0.05) is 0 Å². The third-order valence-corrected chi connectivity index (χ3v) is 2.10. The zero-order chi connectivity index (χ0) is 11.1. The van der Waals surface area contributed by atoms with Gasteiger partial charge in [0.15, 0.2) is 0 Å². The average Bonchev–Trinajstić information content (AvgIpc) is 2.00. The van der Waals surface area contributed by atoms with E-state index in [1.807, 2.05) is 0 Å². The molecule has 1 atom stereocenters. The monoisotopic (exact) mass is 202 g/mol. The molecule has 4 nitrogen and oxygen atoms in total. The van der Waals surface area contributed by atoms with Crippen molar-refractivity contribution in [2.24, 2.45) is 11.8 Å². The Bertz CT molecular complexity index is 198. The van der Waals surface area contributed by atoms with E-state index in [-0.39, 0.29) is 6.42 Å². The average molecular weight is 202 g/mol. The first-order valence-electron chi connectivity index (χ1n) is 4.88. The molecule has 0 radical (unpaired) electrons. The zero-order valence-corrected chi connectivity index (χ0v) is 8.69. The lowest BCUT2D eigenvalue weighted by atomic mass is 9.96. The molecule has 0 amide bonds. The number of hydrogen-bond donors (Lipinski definition) is 2. The second-order valence-corrected chi connectivity index (χ2v) is 3.96. The van der Waals surface area contributed by atoms with Crippen LogP contribution in [0.4, 0.5) is 0 Å². The Morgan fingerprint density at radius 3 is 2.07 bits per heavy atom. The summed E-state index contributed by atoms with van der Waals surface area (Å²) in [6.45, 7) is 4.12. The molecule has 0 bridgehead atoms. The number of carboxylic acid groups (broad SMARTS) is 2. The topological polar surface area (TPSA) is 74.6 Å². The van der Waals surface area contributed by atoms with Crippen molar-refractivity contribution >= 4 is 11.9 Å². The van der Waals surface area contributed by atoms with Crippen molar-refractivity contribution in [3.8, 4) is 0 Å².